The SMILES string of the molecule is COCCN(c1ccnc2c(N)cccc12)C(C)COC. The van der Waals surface area contributed by atoms with Crippen LogP contribution in [0.3, 0.4) is 0 Å². The van der Waals surface area contributed by atoms with Crippen LogP contribution in [0.2, 0.25) is 0 Å². The zero-order valence-corrected chi connectivity index (χ0v) is 12.9. The molecule has 114 valence electrons. The van der Waals surface area contributed by atoms with E-state index >= 15 is 0 Å². The number of hydrogen-bond acceptors (Lipinski definition) is 5. The fourth-order valence-corrected chi connectivity index (χ4v) is 2.53. The Labute approximate surface area is 125 Å². The van der Waals surface area contributed by atoms with E-state index in [0.29, 0.717) is 18.9 Å². The molecule has 0 aliphatic heterocycles. The van der Waals surface area contributed by atoms with Crippen LogP contribution in [0.15, 0.2) is 30.5 Å². The normalized spacial score (nSPS) is 12.5. The molecule has 2 rings (SSSR count). The highest BCUT2D eigenvalue weighted by Gasteiger charge is 2.17. The maximum atomic E-state index is 6.03. The summed E-state index contributed by atoms with van der Waals surface area (Å²) in [6, 6.07) is 8.13. The highest BCUT2D eigenvalue weighted by molar-refractivity contribution is 5.98. The van der Waals surface area contributed by atoms with Gasteiger partial charge in [-0.2, -0.15) is 0 Å². The minimum absolute atomic E-state index is 0.234. The summed E-state index contributed by atoms with van der Waals surface area (Å²) in [5, 5.41) is 1.05. The molecular formula is C16H23N3O2. The fraction of sp³-hybridized carbons (Fsp3) is 0.438. The summed E-state index contributed by atoms with van der Waals surface area (Å²) >= 11 is 0. The molecule has 0 saturated heterocycles. The first kappa shape index (κ1) is 15.5. The quantitative estimate of drug-likeness (QED) is 0.793. The summed E-state index contributed by atoms with van der Waals surface area (Å²) in [6.07, 6.45) is 1.80. The van der Waals surface area contributed by atoms with Gasteiger partial charge in [0.05, 0.1) is 24.4 Å². The molecule has 1 aromatic carbocycles. The fourth-order valence-electron chi connectivity index (χ4n) is 2.53. The Morgan fingerprint density at radius 3 is 2.76 bits per heavy atom. The summed E-state index contributed by atoms with van der Waals surface area (Å²) < 4.78 is 10.5. The van der Waals surface area contributed by atoms with Gasteiger partial charge in [0.2, 0.25) is 0 Å². The number of nitrogens with two attached hydrogens (primary N) is 1. The molecule has 21 heavy (non-hydrogen) atoms. The molecule has 0 fully saturated rings. The molecule has 5 nitrogen and oxygen atoms in total. The van der Waals surface area contributed by atoms with Crippen molar-refractivity contribution in [2.75, 3.05) is 44.6 Å². The van der Waals surface area contributed by atoms with Crippen LogP contribution >= 0.6 is 0 Å². The largest absolute Gasteiger partial charge is 0.397 e. The van der Waals surface area contributed by atoms with Crippen LogP contribution in [0.25, 0.3) is 10.9 Å². The van der Waals surface area contributed by atoms with E-state index in [2.05, 4.69) is 16.8 Å². The van der Waals surface area contributed by atoms with E-state index < -0.39 is 0 Å². The topological polar surface area (TPSA) is 60.6 Å². The Bertz CT molecular complexity index is 589. The Kier molecular flexibility index (Phi) is 5.36. The predicted molar refractivity (Wildman–Crippen MR) is 86.7 cm³/mol. The molecule has 0 aliphatic carbocycles. The molecule has 1 aromatic heterocycles. The van der Waals surface area contributed by atoms with Crippen LogP contribution in [0, 0.1) is 0 Å². The second-order valence-corrected chi connectivity index (χ2v) is 5.06. The number of anilines is 2. The summed E-state index contributed by atoms with van der Waals surface area (Å²) in [5.41, 5.74) is 8.67. The molecule has 0 radical (unpaired) electrons. The van der Waals surface area contributed by atoms with E-state index in [0.717, 1.165) is 23.1 Å². The first-order valence-corrected chi connectivity index (χ1v) is 7.06. The highest BCUT2D eigenvalue weighted by atomic mass is 16.5. The molecule has 0 spiro atoms. The van der Waals surface area contributed by atoms with Crippen LogP contribution in [0.4, 0.5) is 11.4 Å². The van der Waals surface area contributed by atoms with Crippen LogP contribution in [-0.4, -0.2) is 45.0 Å². The standard InChI is InChI=1S/C16H23N3O2/c1-12(11-21-3)19(9-10-20-2)15-7-8-18-16-13(15)5-4-6-14(16)17/h4-8,12H,9-11,17H2,1-3H3. The second-order valence-electron chi connectivity index (χ2n) is 5.06. The van der Waals surface area contributed by atoms with Gasteiger partial charge in [0.15, 0.2) is 0 Å². The lowest BCUT2D eigenvalue weighted by Crippen LogP contribution is -2.38. The molecular weight excluding hydrogens is 266 g/mol. The Morgan fingerprint density at radius 1 is 1.24 bits per heavy atom. The van der Waals surface area contributed by atoms with Crippen molar-refractivity contribution in [3.8, 4) is 0 Å². The Balaban J connectivity index is 2.46. The number of nitrogens with zero attached hydrogens (tertiary/aromatic N) is 2. The lowest BCUT2D eigenvalue weighted by atomic mass is 10.1. The number of nitrogen functional groups attached to an aromatic ring is 1. The van der Waals surface area contributed by atoms with Gasteiger partial charge in [-0.1, -0.05) is 12.1 Å². The highest BCUT2D eigenvalue weighted by Crippen LogP contribution is 2.29. The lowest BCUT2D eigenvalue weighted by molar-refractivity contribution is 0.171. The zero-order chi connectivity index (χ0) is 15.2. The molecule has 0 aliphatic rings. The Hall–Kier alpha value is -1.85. The second kappa shape index (κ2) is 7.24. The van der Waals surface area contributed by atoms with E-state index in [1.807, 2.05) is 24.3 Å². The average molecular weight is 289 g/mol. The predicted octanol–water partition coefficient (Wildman–Crippen LogP) is 2.30. The first-order chi connectivity index (χ1) is 10.2. The molecule has 1 heterocycles. The maximum absolute atomic E-state index is 6.03. The van der Waals surface area contributed by atoms with E-state index in [4.69, 9.17) is 15.2 Å². The third-order valence-electron chi connectivity index (χ3n) is 3.56. The van der Waals surface area contributed by atoms with Crippen molar-refractivity contribution in [1.29, 1.82) is 0 Å². The summed E-state index contributed by atoms with van der Waals surface area (Å²) in [4.78, 5) is 6.67. The van der Waals surface area contributed by atoms with Crippen molar-refractivity contribution >= 4 is 22.3 Å². The minimum Gasteiger partial charge on any atom is -0.397 e. The summed E-state index contributed by atoms with van der Waals surface area (Å²) in [6.45, 7) is 4.22. The molecule has 1 atom stereocenters. The lowest BCUT2D eigenvalue weighted by Gasteiger charge is -2.31. The van der Waals surface area contributed by atoms with Crippen LogP contribution in [0.1, 0.15) is 6.92 Å². The third kappa shape index (κ3) is 3.43. The van der Waals surface area contributed by atoms with Crippen LogP contribution in [-0.2, 0) is 9.47 Å². The molecule has 2 N–H and O–H groups in total. The van der Waals surface area contributed by atoms with Crippen molar-refractivity contribution in [3.63, 3.8) is 0 Å². The number of hydrogen-bond donors (Lipinski definition) is 1. The number of ether oxygens (including phenoxy) is 2. The molecule has 0 amide bonds. The molecule has 5 heteroatoms. The van der Waals surface area contributed by atoms with E-state index in [-0.39, 0.29) is 6.04 Å². The van der Waals surface area contributed by atoms with Crippen molar-refractivity contribution in [3.05, 3.63) is 30.5 Å². The van der Waals surface area contributed by atoms with Crippen molar-refractivity contribution in [2.45, 2.75) is 13.0 Å². The van der Waals surface area contributed by atoms with Gasteiger partial charge in [0, 0.05) is 44.1 Å². The Morgan fingerprint density at radius 2 is 2.05 bits per heavy atom. The van der Waals surface area contributed by atoms with E-state index in [1.165, 1.54) is 0 Å². The molecule has 2 aromatic rings. The number of fused-ring (bicyclic) bond motifs is 1. The van der Waals surface area contributed by atoms with Gasteiger partial charge in [-0.05, 0) is 19.1 Å². The first-order valence-electron chi connectivity index (χ1n) is 7.06. The van der Waals surface area contributed by atoms with Gasteiger partial charge >= 0.3 is 0 Å². The van der Waals surface area contributed by atoms with Crippen molar-refractivity contribution in [2.24, 2.45) is 0 Å². The number of methoxy groups -OCH3 is 2. The van der Waals surface area contributed by atoms with E-state index in [9.17, 15) is 0 Å². The maximum Gasteiger partial charge on any atom is 0.0951 e. The average Bonchev–Trinajstić information content (AvgIpc) is 2.49. The monoisotopic (exact) mass is 289 g/mol. The molecule has 1 unspecified atom stereocenters. The van der Waals surface area contributed by atoms with Crippen molar-refractivity contribution < 1.29 is 9.47 Å². The zero-order valence-electron chi connectivity index (χ0n) is 12.9. The smallest absolute Gasteiger partial charge is 0.0951 e. The molecule has 0 bridgehead atoms. The number of rotatable bonds is 7. The van der Waals surface area contributed by atoms with Gasteiger partial charge in [-0.3, -0.25) is 4.98 Å². The minimum atomic E-state index is 0.234. The summed E-state index contributed by atoms with van der Waals surface area (Å²) in [5.74, 6) is 0. The number of pyridine rings is 1. The van der Waals surface area contributed by atoms with Gasteiger partial charge < -0.3 is 20.1 Å². The van der Waals surface area contributed by atoms with E-state index in [1.54, 1.807) is 20.4 Å². The van der Waals surface area contributed by atoms with Gasteiger partial charge in [-0.15, -0.1) is 0 Å². The van der Waals surface area contributed by atoms with Gasteiger partial charge in [0.1, 0.15) is 0 Å². The third-order valence-corrected chi connectivity index (χ3v) is 3.56. The van der Waals surface area contributed by atoms with Crippen LogP contribution in [0.5, 0.6) is 0 Å². The number of para-hydroxylation sites is 1. The van der Waals surface area contributed by atoms with Gasteiger partial charge in [-0.25, -0.2) is 0 Å². The number of benzene rings is 1. The number of aromatic nitrogens is 1. The summed E-state index contributed by atoms with van der Waals surface area (Å²) in [7, 11) is 3.43. The van der Waals surface area contributed by atoms with Crippen molar-refractivity contribution in [1.82, 2.24) is 4.98 Å². The van der Waals surface area contributed by atoms with Crippen LogP contribution < -0.4 is 10.6 Å². The molecule has 0 saturated carbocycles. The van der Waals surface area contributed by atoms with Gasteiger partial charge in [0.25, 0.3) is 0 Å².